The van der Waals surface area contributed by atoms with Crippen molar-refractivity contribution in [2.45, 2.75) is 47.5 Å². The maximum Gasteiger partial charge on any atom is 0.144 e. The van der Waals surface area contributed by atoms with E-state index in [2.05, 4.69) is 19.2 Å². The van der Waals surface area contributed by atoms with Gasteiger partial charge in [0, 0.05) is 10.8 Å². The van der Waals surface area contributed by atoms with E-state index in [9.17, 15) is 4.79 Å². The second-order valence-electron chi connectivity index (χ2n) is 6.34. The molecule has 1 heterocycles. The van der Waals surface area contributed by atoms with Crippen molar-refractivity contribution < 1.29 is 4.79 Å². The van der Waals surface area contributed by atoms with Crippen LogP contribution in [0.25, 0.3) is 0 Å². The van der Waals surface area contributed by atoms with Gasteiger partial charge in [0.1, 0.15) is 5.78 Å². The molecule has 0 aromatic rings. The highest BCUT2D eigenvalue weighted by Crippen LogP contribution is 2.38. The van der Waals surface area contributed by atoms with Gasteiger partial charge in [0.2, 0.25) is 0 Å². The Morgan fingerprint density at radius 1 is 1.20 bits per heavy atom. The van der Waals surface area contributed by atoms with Crippen LogP contribution in [0, 0.1) is 16.7 Å². The Kier molecular flexibility index (Phi) is 3.59. The standard InChI is InChI=1S/C13H25NO/c1-12(2,3)11(15)13(4,5)10-7-6-8-14-9-10/h10,14H,6-9H2,1-5H3. The number of piperidine rings is 1. The van der Waals surface area contributed by atoms with Crippen molar-refractivity contribution in [2.75, 3.05) is 13.1 Å². The molecule has 0 amide bonds. The van der Waals surface area contributed by atoms with Gasteiger partial charge in [-0.25, -0.2) is 0 Å². The summed E-state index contributed by atoms with van der Waals surface area (Å²) in [4.78, 5) is 12.4. The average molecular weight is 211 g/mol. The fraction of sp³-hybridized carbons (Fsp3) is 0.923. The van der Waals surface area contributed by atoms with E-state index >= 15 is 0 Å². The molecule has 1 saturated heterocycles. The first-order chi connectivity index (χ1) is 6.76. The number of Topliss-reactive ketones (excluding diaryl/α,β-unsaturated/α-hetero) is 1. The molecule has 0 aromatic heterocycles. The first kappa shape index (κ1) is 12.7. The number of carbonyl (C=O) groups is 1. The van der Waals surface area contributed by atoms with Crippen LogP contribution in [0.3, 0.4) is 0 Å². The van der Waals surface area contributed by atoms with Gasteiger partial charge in [-0.05, 0) is 31.8 Å². The van der Waals surface area contributed by atoms with Crippen molar-refractivity contribution in [1.82, 2.24) is 5.32 Å². The van der Waals surface area contributed by atoms with E-state index in [1.165, 1.54) is 12.8 Å². The monoisotopic (exact) mass is 211 g/mol. The number of hydrogen-bond acceptors (Lipinski definition) is 2. The minimum absolute atomic E-state index is 0.189. The summed E-state index contributed by atoms with van der Waals surface area (Å²) in [6.07, 6.45) is 2.38. The lowest BCUT2D eigenvalue weighted by Gasteiger charge is -2.39. The molecule has 2 nitrogen and oxygen atoms in total. The number of carbonyl (C=O) groups excluding carboxylic acids is 1. The molecule has 1 aliphatic heterocycles. The number of hydrogen-bond donors (Lipinski definition) is 1. The predicted octanol–water partition coefficient (Wildman–Crippen LogP) is 2.63. The maximum absolute atomic E-state index is 12.4. The molecule has 1 N–H and O–H groups in total. The molecule has 1 aliphatic rings. The highest BCUT2D eigenvalue weighted by atomic mass is 16.1. The Labute approximate surface area is 93.8 Å². The van der Waals surface area contributed by atoms with Crippen molar-refractivity contribution in [3.05, 3.63) is 0 Å². The van der Waals surface area contributed by atoms with E-state index < -0.39 is 0 Å². The molecule has 0 aliphatic carbocycles. The van der Waals surface area contributed by atoms with Crippen LogP contribution >= 0.6 is 0 Å². The summed E-state index contributed by atoms with van der Waals surface area (Å²) < 4.78 is 0. The molecular weight excluding hydrogens is 186 g/mol. The summed E-state index contributed by atoms with van der Waals surface area (Å²) in [7, 11) is 0. The van der Waals surface area contributed by atoms with Gasteiger partial charge in [-0.2, -0.15) is 0 Å². The van der Waals surface area contributed by atoms with Crippen LogP contribution in [0.1, 0.15) is 47.5 Å². The van der Waals surface area contributed by atoms with Crippen molar-refractivity contribution >= 4 is 5.78 Å². The minimum Gasteiger partial charge on any atom is -0.316 e. The van der Waals surface area contributed by atoms with Crippen LogP contribution in [0.5, 0.6) is 0 Å². The van der Waals surface area contributed by atoms with Crippen LogP contribution in [0.4, 0.5) is 0 Å². The zero-order chi connectivity index (χ0) is 11.7. The van der Waals surface area contributed by atoms with Crippen molar-refractivity contribution in [3.63, 3.8) is 0 Å². The molecule has 0 bridgehead atoms. The topological polar surface area (TPSA) is 29.1 Å². The molecule has 0 aromatic carbocycles. The fourth-order valence-corrected chi connectivity index (χ4v) is 2.62. The molecule has 88 valence electrons. The molecule has 1 fully saturated rings. The Morgan fingerprint density at radius 2 is 1.80 bits per heavy atom. The van der Waals surface area contributed by atoms with Gasteiger partial charge < -0.3 is 5.32 Å². The van der Waals surface area contributed by atoms with E-state index in [1.807, 2.05) is 20.8 Å². The summed E-state index contributed by atoms with van der Waals surface area (Å²) in [5.41, 5.74) is -0.410. The molecular formula is C13H25NO. The SMILES string of the molecule is CC(C)(C)C(=O)C(C)(C)C1CCCNC1. The first-order valence-electron chi connectivity index (χ1n) is 6.02. The van der Waals surface area contributed by atoms with Crippen molar-refractivity contribution in [2.24, 2.45) is 16.7 Å². The molecule has 0 radical (unpaired) electrons. The Bertz CT molecular complexity index is 231. The molecule has 0 spiro atoms. The smallest absolute Gasteiger partial charge is 0.144 e. The van der Waals surface area contributed by atoms with E-state index in [0.717, 1.165) is 13.1 Å². The van der Waals surface area contributed by atoms with Gasteiger partial charge in [-0.15, -0.1) is 0 Å². The third-order valence-corrected chi connectivity index (χ3v) is 3.58. The Morgan fingerprint density at radius 3 is 2.20 bits per heavy atom. The second kappa shape index (κ2) is 4.25. The summed E-state index contributed by atoms with van der Waals surface area (Å²) in [6.45, 7) is 12.4. The van der Waals surface area contributed by atoms with Crippen molar-refractivity contribution in [1.29, 1.82) is 0 Å². The summed E-state index contributed by atoms with van der Waals surface area (Å²) in [5, 5.41) is 3.40. The lowest BCUT2D eigenvalue weighted by molar-refractivity contribution is -0.138. The maximum atomic E-state index is 12.4. The van der Waals surface area contributed by atoms with Crippen LogP contribution in [0.15, 0.2) is 0 Å². The summed E-state index contributed by atoms with van der Waals surface area (Å²) in [5.74, 6) is 0.890. The summed E-state index contributed by atoms with van der Waals surface area (Å²) >= 11 is 0. The van der Waals surface area contributed by atoms with Gasteiger partial charge in [-0.1, -0.05) is 34.6 Å². The largest absolute Gasteiger partial charge is 0.316 e. The number of nitrogens with one attached hydrogen (secondary N) is 1. The van der Waals surface area contributed by atoms with Gasteiger partial charge >= 0.3 is 0 Å². The molecule has 0 saturated carbocycles. The number of ketones is 1. The third-order valence-electron chi connectivity index (χ3n) is 3.58. The first-order valence-corrected chi connectivity index (χ1v) is 6.02. The molecule has 2 heteroatoms. The lowest BCUT2D eigenvalue weighted by Crippen LogP contribution is -2.46. The Hall–Kier alpha value is -0.370. The number of rotatable bonds is 2. The van der Waals surface area contributed by atoms with Crippen molar-refractivity contribution in [3.8, 4) is 0 Å². The van der Waals surface area contributed by atoms with Gasteiger partial charge in [-0.3, -0.25) is 4.79 Å². The van der Waals surface area contributed by atoms with Gasteiger partial charge in [0.15, 0.2) is 0 Å². The highest BCUT2D eigenvalue weighted by Gasteiger charge is 2.41. The molecule has 1 atom stereocenters. The predicted molar refractivity (Wildman–Crippen MR) is 63.8 cm³/mol. The quantitative estimate of drug-likeness (QED) is 0.760. The van der Waals surface area contributed by atoms with Crippen LogP contribution in [0.2, 0.25) is 0 Å². The van der Waals surface area contributed by atoms with Crippen LogP contribution in [-0.4, -0.2) is 18.9 Å². The minimum atomic E-state index is -0.221. The summed E-state index contributed by atoms with van der Waals surface area (Å²) in [6, 6.07) is 0. The van der Waals surface area contributed by atoms with E-state index in [0.29, 0.717) is 11.7 Å². The van der Waals surface area contributed by atoms with E-state index in [4.69, 9.17) is 0 Å². The average Bonchev–Trinajstić information content (AvgIpc) is 2.16. The molecule has 15 heavy (non-hydrogen) atoms. The lowest BCUT2D eigenvalue weighted by atomic mass is 9.66. The van der Waals surface area contributed by atoms with Gasteiger partial charge in [0.25, 0.3) is 0 Å². The third kappa shape index (κ3) is 2.81. The van der Waals surface area contributed by atoms with E-state index in [-0.39, 0.29) is 10.8 Å². The highest BCUT2D eigenvalue weighted by molar-refractivity contribution is 5.89. The normalized spacial score (nSPS) is 23.9. The zero-order valence-electron chi connectivity index (χ0n) is 10.8. The van der Waals surface area contributed by atoms with Crippen LogP contribution < -0.4 is 5.32 Å². The zero-order valence-corrected chi connectivity index (χ0v) is 10.8. The van der Waals surface area contributed by atoms with Crippen LogP contribution in [-0.2, 0) is 4.79 Å². The second-order valence-corrected chi connectivity index (χ2v) is 6.34. The Balaban J connectivity index is 2.76. The molecule has 1 unspecified atom stereocenters. The molecule has 1 rings (SSSR count). The fourth-order valence-electron chi connectivity index (χ4n) is 2.62. The van der Waals surface area contributed by atoms with E-state index in [1.54, 1.807) is 0 Å². The van der Waals surface area contributed by atoms with Gasteiger partial charge in [0.05, 0.1) is 0 Å².